The molecule has 1 aromatic rings. The standard InChI is InChI=1S/C13H13Cl2NO3/c14-9-4-3-8(6-10(9)15)12(17)16-11(13(18)19)5-7-1-2-7/h3-4,6-7,11H,1-2,5H2,(H,16,17)(H,18,19). The first kappa shape index (κ1) is 14.2. The number of aliphatic carboxylic acids is 1. The average Bonchev–Trinajstić information content (AvgIpc) is 3.15. The molecule has 1 atom stereocenters. The topological polar surface area (TPSA) is 66.4 Å². The van der Waals surface area contributed by atoms with E-state index in [1.807, 2.05) is 0 Å². The second-order valence-electron chi connectivity index (χ2n) is 4.67. The van der Waals surface area contributed by atoms with Crippen molar-refractivity contribution in [3.8, 4) is 0 Å². The molecule has 1 unspecified atom stereocenters. The summed E-state index contributed by atoms with van der Waals surface area (Å²) in [7, 11) is 0. The summed E-state index contributed by atoms with van der Waals surface area (Å²) >= 11 is 11.6. The van der Waals surface area contributed by atoms with Gasteiger partial charge in [0.2, 0.25) is 0 Å². The van der Waals surface area contributed by atoms with Gasteiger partial charge in [-0.15, -0.1) is 0 Å². The summed E-state index contributed by atoms with van der Waals surface area (Å²) in [6.45, 7) is 0. The van der Waals surface area contributed by atoms with E-state index in [1.54, 1.807) is 0 Å². The lowest BCUT2D eigenvalue weighted by Crippen LogP contribution is -2.41. The first-order valence-electron chi connectivity index (χ1n) is 5.96. The molecule has 1 fully saturated rings. The third-order valence-electron chi connectivity index (χ3n) is 3.05. The van der Waals surface area contributed by atoms with Crippen molar-refractivity contribution in [1.29, 1.82) is 0 Å². The van der Waals surface area contributed by atoms with Crippen LogP contribution in [0.2, 0.25) is 10.0 Å². The Morgan fingerprint density at radius 2 is 2.00 bits per heavy atom. The van der Waals surface area contributed by atoms with E-state index in [1.165, 1.54) is 18.2 Å². The third-order valence-corrected chi connectivity index (χ3v) is 3.79. The number of carbonyl (C=O) groups is 2. The Labute approximate surface area is 120 Å². The summed E-state index contributed by atoms with van der Waals surface area (Å²) in [5.74, 6) is -1.05. The fourth-order valence-electron chi connectivity index (χ4n) is 1.79. The molecule has 0 radical (unpaired) electrons. The zero-order valence-electron chi connectivity index (χ0n) is 10.0. The van der Waals surface area contributed by atoms with Crippen LogP contribution < -0.4 is 5.32 Å². The molecular formula is C13H13Cl2NO3. The molecule has 0 saturated heterocycles. The monoisotopic (exact) mass is 301 g/mol. The quantitative estimate of drug-likeness (QED) is 0.878. The highest BCUT2D eigenvalue weighted by atomic mass is 35.5. The Morgan fingerprint density at radius 3 is 2.53 bits per heavy atom. The molecule has 2 N–H and O–H groups in total. The zero-order chi connectivity index (χ0) is 14.0. The molecular weight excluding hydrogens is 289 g/mol. The summed E-state index contributed by atoms with van der Waals surface area (Å²) in [4.78, 5) is 23.0. The number of amides is 1. The highest BCUT2D eigenvalue weighted by molar-refractivity contribution is 6.42. The fraction of sp³-hybridized carbons (Fsp3) is 0.385. The van der Waals surface area contributed by atoms with E-state index in [0.717, 1.165) is 12.8 Å². The number of rotatable bonds is 5. The highest BCUT2D eigenvalue weighted by Gasteiger charge is 2.30. The van der Waals surface area contributed by atoms with Crippen LogP contribution in [0.5, 0.6) is 0 Å². The van der Waals surface area contributed by atoms with Gasteiger partial charge in [0, 0.05) is 5.56 Å². The van der Waals surface area contributed by atoms with Crippen molar-refractivity contribution in [3.05, 3.63) is 33.8 Å². The lowest BCUT2D eigenvalue weighted by molar-refractivity contribution is -0.139. The van der Waals surface area contributed by atoms with Crippen molar-refractivity contribution < 1.29 is 14.7 Å². The van der Waals surface area contributed by atoms with Gasteiger partial charge in [0.1, 0.15) is 6.04 Å². The second-order valence-corrected chi connectivity index (χ2v) is 5.49. The minimum absolute atomic E-state index is 0.267. The van der Waals surface area contributed by atoms with Crippen LogP contribution in [0.1, 0.15) is 29.6 Å². The molecule has 0 aliphatic heterocycles. The normalized spacial score (nSPS) is 15.9. The van der Waals surface area contributed by atoms with Crippen LogP contribution in [0, 0.1) is 5.92 Å². The number of carboxylic acids is 1. The van der Waals surface area contributed by atoms with Gasteiger partial charge in [-0.25, -0.2) is 4.79 Å². The van der Waals surface area contributed by atoms with Crippen LogP contribution in [0.4, 0.5) is 0 Å². The largest absolute Gasteiger partial charge is 0.480 e. The van der Waals surface area contributed by atoms with Gasteiger partial charge >= 0.3 is 5.97 Å². The molecule has 1 amide bonds. The smallest absolute Gasteiger partial charge is 0.326 e. The molecule has 1 aromatic carbocycles. The van der Waals surface area contributed by atoms with E-state index < -0.39 is 17.9 Å². The van der Waals surface area contributed by atoms with Gasteiger partial charge < -0.3 is 10.4 Å². The van der Waals surface area contributed by atoms with E-state index in [2.05, 4.69) is 5.32 Å². The summed E-state index contributed by atoms with van der Waals surface area (Å²) < 4.78 is 0. The molecule has 0 bridgehead atoms. The summed E-state index contributed by atoms with van der Waals surface area (Å²) in [5.41, 5.74) is 0.302. The van der Waals surface area contributed by atoms with E-state index in [0.29, 0.717) is 22.9 Å². The molecule has 1 aliphatic carbocycles. The molecule has 2 rings (SSSR count). The Hall–Kier alpha value is -1.26. The molecule has 0 aromatic heterocycles. The van der Waals surface area contributed by atoms with Crippen molar-refractivity contribution in [2.24, 2.45) is 5.92 Å². The Balaban J connectivity index is 2.05. The molecule has 4 nitrogen and oxygen atoms in total. The summed E-state index contributed by atoms with van der Waals surface area (Å²) in [6.07, 6.45) is 2.54. The molecule has 1 saturated carbocycles. The van der Waals surface area contributed by atoms with Crippen LogP contribution in [-0.2, 0) is 4.79 Å². The number of hydrogen-bond acceptors (Lipinski definition) is 2. The first-order valence-corrected chi connectivity index (χ1v) is 6.71. The average molecular weight is 302 g/mol. The molecule has 0 spiro atoms. The second kappa shape index (κ2) is 5.80. The van der Waals surface area contributed by atoms with Crippen molar-refractivity contribution in [2.75, 3.05) is 0 Å². The summed E-state index contributed by atoms with van der Waals surface area (Å²) in [5, 5.41) is 12.2. The maximum atomic E-state index is 11.9. The lowest BCUT2D eigenvalue weighted by atomic mass is 10.1. The van der Waals surface area contributed by atoms with Gasteiger partial charge in [0.05, 0.1) is 10.0 Å². The number of benzene rings is 1. The van der Waals surface area contributed by atoms with Crippen LogP contribution in [0.3, 0.4) is 0 Å². The number of nitrogens with one attached hydrogen (secondary N) is 1. The van der Waals surface area contributed by atoms with E-state index in [4.69, 9.17) is 28.3 Å². The Kier molecular flexibility index (Phi) is 4.32. The highest BCUT2D eigenvalue weighted by Crippen LogP contribution is 2.33. The zero-order valence-corrected chi connectivity index (χ0v) is 11.5. The van der Waals surface area contributed by atoms with E-state index in [-0.39, 0.29) is 5.02 Å². The SMILES string of the molecule is O=C(NC(CC1CC1)C(=O)O)c1ccc(Cl)c(Cl)c1. The Morgan fingerprint density at radius 1 is 1.32 bits per heavy atom. The van der Waals surface area contributed by atoms with Crippen LogP contribution in [-0.4, -0.2) is 23.0 Å². The third kappa shape index (κ3) is 3.85. The van der Waals surface area contributed by atoms with Gasteiger partial charge in [-0.2, -0.15) is 0 Å². The maximum absolute atomic E-state index is 11.9. The summed E-state index contributed by atoms with van der Waals surface area (Å²) in [6, 6.07) is 3.60. The van der Waals surface area contributed by atoms with Crippen LogP contribution in [0.25, 0.3) is 0 Å². The predicted molar refractivity (Wildman–Crippen MR) is 72.7 cm³/mol. The molecule has 6 heteroatoms. The molecule has 0 heterocycles. The minimum atomic E-state index is -1.01. The van der Waals surface area contributed by atoms with Gasteiger partial charge in [0.25, 0.3) is 5.91 Å². The van der Waals surface area contributed by atoms with Gasteiger partial charge in [-0.05, 0) is 30.5 Å². The molecule has 102 valence electrons. The van der Waals surface area contributed by atoms with Crippen molar-refractivity contribution in [3.63, 3.8) is 0 Å². The first-order chi connectivity index (χ1) is 8.97. The van der Waals surface area contributed by atoms with Crippen LogP contribution >= 0.6 is 23.2 Å². The van der Waals surface area contributed by atoms with Crippen LogP contribution in [0.15, 0.2) is 18.2 Å². The lowest BCUT2D eigenvalue weighted by Gasteiger charge is -2.14. The maximum Gasteiger partial charge on any atom is 0.326 e. The van der Waals surface area contributed by atoms with E-state index in [9.17, 15) is 9.59 Å². The molecule has 19 heavy (non-hydrogen) atoms. The van der Waals surface area contributed by atoms with Crippen molar-refractivity contribution in [2.45, 2.75) is 25.3 Å². The van der Waals surface area contributed by atoms with E-state index >= 15 is 0 Å². The molecule has 1 aliphatic rings. The van der Waals surface area contributed by atoms with Gasteiger partial charge in [-0.3, -0.25) is 4.79 Å². The van der Waals surface area contributed by atoms with Crippen molar-refractivity contribution >= 4 is 35.1 Å². The van der Waals surface area contributed by atoms with Gasteiger partial charge in [-0.1, -0.05) is 36.0 Å². The van der Waals surface area contributed by atoms with Gasteiger partial charge in [0.15, 0.2) is 0 Å². The number of hydrogen-bond donors (Lipinski definition) is 2. The predicted octanol–water partition coefficient (Wildman–Crippen LogP) is 2.98. The minimum Gasteiger partial charge on any atom is -0.480 e. The number of carbonyl (C=O) groups excluding carboxylic acids is 1. The number of carboxylic acid groups (broad SMARTS) is 1. The van der Waals surface area contributed by atoms with Crippen molar-refractivity contribution in [1.82, 2.24) is 5.32 Å². The Bertz CT molecular complexity index is 515. The number of halogens is 2. The fourth-order valence-corrected chi connectivity index (χ4v) is 2.09.